The Bertz CT molecular complexity index is 659. The Kier molecular flexibility index (Phi) is 8.35. The van der Waals surface area contributed by atoms with Gasteiger partial charge in [0.05, 0.1) is 7.11 Å². The summed E-state index contributed by atoms with van der Waals surface area (Å²) in [4.78, 5) is 0. The van der Waals surface area contributed by atoms with E-state index in [2.05, 4.69) is 5.32 Å². The molecular formula is C19H23Cl2NO3. The van der Waals surface area contributed by atoms with E-state index in [-0.39, 0.29) is 13.2 Å². The second-order valence-electron chi connectivity index (χ2n) is 5.54. The van der Waals surface area contributed by atoms with Crippen molar-refractivity contribution in [3.05, 3.63) is 57.6 Å². The summed E-state index contributed by atoms with van der Waals surface area (Å²) in [7, 11) is 1.61. The summed E-state index contributed by atoms with van der Waals surface area (Å²) in [5.74, 6) is 1.34. The molecule has 0 atom stereocenters. The van der Waals surface area contributed by atoms with Gasteiger partial charge in [-0.25, -0.2) is 0 Å². The average Bonchev–Trinajstić information content (AvgIpc) is 2.61. The van der Waals surface area contributed by atoms with Crippen molar-refractivity contribution in [3.8, 4) is 11.5 Å². The monoisotopic (exact) mass is 383 g/mol. The fourth-order valence-electron chi connectivity index (χ4n) is 2.42. The molecule has 0 aliphatic carbocycles. The molecule has 2 aromatic carbocycles. The second-order valence-corrected chi connectivity index (χ2v) is 6.36. The molecule has 6 heteroatoms. The van der Waals surface area contributed by atoms with Crippen molar-refractivity contribution >= 4 is 23.2 Å². The maximum Gasteiger partial charge on any atom is 0.166 e. The van der Waals surface area contributed by atoms with Gasteiger partial charge in [-0.15, -0.1) is 0 Å². The number of nitrogens with one attached hydrogen (secondary N) is 1. The van der Waals surface area contributed by atoms with Crippen LogP contribution >= 0.6 is 23.2 Å². The topological polar surface area (TPSA) is 50.7 Å². The minimum atomic E-state index is 0.216. The molecule has 0 amide bonds. The number of para-hydroxylation sites is 1. The third-order valence-electron chi connectivity index (χ3n) is 3.78. The van der Waals surface area contributed by atoms with Crippen LogP contribution in [0.1, 0.15) is 24.0 Å². The van der Waals surface area contributed by atoms with Gasteiger partial charge < -0.3 is 19.9 Å². The molecule has 2 aromatic rings. The molecule has 0 unspecified atom stereocenters. The van der Waals surface area contributed by atoms with Gasteiger partial charge in [-0.05, 0) is 37.6 Å². The smallest absolute Gasteiger partial charge is 0.166 e. The minimum absolute atomic E-state index is 0.216. The van der Waals surface area contributed by atoms with Gasteiger partial charge in [0.2, 0.25) is 0 Å². The van der Waals surface area contributed by atoms with E-state index in [9.17, 15) is 0 Å². The van der Waals surface area contributed by atoms with Crippen LogP contribution in [-0.4, -0.2) is 25.4 Å². The van der Waals surface area contributed by atoms with Crippen molar-refractivity contribution in [1.29, 1.82) is 0 Å². The first-order valence-corrected chi connectivity index (χ1v) is 8.96. The molecule has 0 heterocycles. The summed E-state index contributed by atoms with van der Waals surface area (Å²) in [5.41, 5.74) is 1.74. The summed E-state index contributed by atoms with van der Waals surface area (Å²) in [6.45, 7) is 1.95. The molecule has 0 spiro atoms. The maximum absolute atomic E-state index is 8.83. The average molecular weight is 384 g/mol. The largest absolute Gasteiger partial charge is 0.493 e. The Morgan fingerprint density at radius 1 is 1.04 bits per heavy atom. The lowest BCUT2D eigenvalue weighted by Gasteiger charge is -2.16. The molecular weight excluding hydrogens is 361 g/mol. The van der Waals surface area contributed by atoms with Crippen LogP contribution in [0.15, 0.2) is 36.4 Å². The van der Waals surface area contributed by atoms with Crippen LogP contribution in [0.2, 0.25) is 10.0 Å². The molecule has 0 bridgehead atoms. The highest BCUT2D eigenvalue weighted by atomic mass is 35.5. The van der Waals surface area contributed by atoms with Crippen LogP contribution in [0.25, 0.3) is 0 Å². The summed E-state index contributed by atoms with van der Waals surface area (Å²) in [6.07, 6.45) is 1.71. The van der Waals surface area contributed by atoms with Gasteiger partial charge >= 0.3 is 0 Å². The number of halogens is 2. The highest BCUT2D eigenvalue weighted by molar-refractivity contribution is 6.35. The van der Waals surface area contributed by atoms with E-state index in [0.29, 0.717) is 28.1 Å². The predicted octanol–water partition coefficient (Wildman–Crippen LogP) is 4.44. The van der Waals surface area contributed by atoms with Gasteiger partial charge in [-0.1, -0.05) is 41.4 Å². The molecule has 4 nitrogen and oxygen atoms in total. The van der Waals surface area contributed by atoms with E-state index in [1.54, 1.807) is 25.3 Å². The number of hydrogen-bond donors (Lipinski definition) is 2. The molecule has 25 heavy (non-hydrogen) atoms. The van der Waals surface area contributed by atoms with E-state index in [1.807, 2.05) is 18.2 Å². The first-order chi connectivity index (χ1) is 12.2. The number of unbranched alkanes of at least 4 members (excludes halogenated alkanes) is 1. The lowest BCUT2D eigenvalue weighted by Crippen LogP contribution is -2.16. The molecule has 136 valence electrons. The summed E-state index contributed by atoms with van der Waals surface area (Å²) in [6, 6.07) is 11.2. The predicted molar refractivity (Wildman–Crippen MR) is 102 cm³/mol. The Morgan fingerprint density at radius 2 is 1.76 bits per heavy atom. The van der Waals surface area contributed by atoms with Crippen molar-refractivity contribution < 1.29 is 14.6 Å². The van der Waals surface area contributed by atoms with Crippen molar-refractivity contribution in [2.24, 2.45) is 0 Å². The minimum Gasteiger partial charge on any atom is -0.493 e. The molecule has 0 aliphatic heterocycles. The van der Waals surface area contributed by atoms with Crippen molar-refractivity contribution in [3.63, 3.8) is 0 Å². The Balaban J connectivity index is 2.09. The number of aliphatic hydroxyl groups is 1. The van der Waals surface area contributed by atoms with Gasteiger partial charge in [-0.2, -0.15) is 0 Å². The first kappa shape index (κ1) is 19.9. The molecule has 0 fully saturated rings. The van der Waals surface area contributed by atoms with Crippen LogP contribution in [0.5, 0.6) is 11.5 Å². The lowest BCUT2D eigenvalue weighted by molar-refractivity contribution is 0.279. The SMILES string of the molecule is COc1cccc(CNCCCCO)c1OCc1c(Cl)cccc1Cl. The molecule has 0 saturated carbocycles. The molecule has 2 N–H and O–H groups in total. The van der Waals surface area contributed by atoms with E-state index >= 15 is 0 Å². The van der Waals surface area contributed by atoms with Crippen LogP contribution in [0.3, 0.4) is 0 Å². The Morgan fingerprint density at radius 3 is 2.44 bits per heavy atom. The number of hydrogen-bond acceptors (Lipinski definition) is 4. The normalized spacial score (nSPS) is 10.7. The van der Waals surface area contributed by atoms with E-state index in [0.717, 1.165) is 30.5 Å². The summed E-state index contributed by atoms with van der Waals surface area (Å²) in [5, 5.41) is 13.3. The van der Waals surface area contributed by atoms with Gasteiger partial charge in [0.1, 0.15) is 6.61 Å². The number of aliphatic hydroxyl groups excluding tert-OH is 1. The van der Waals surface area contributed by atoms with Gasteiger partial charge in [-0.3, -0.25) is 0 Å². The van der Waals surface area contributed by atoms with E-state index < -0.39 is 0 Å². The number of ether oxygens (including phenoxy) is 2. The molecule has 0 aliphatic rings. The third kappa shape index (κ3) is 5.79. The number of methoxy groups -OCH3 is 1. The number of benzene rings is 2. The molecule has 0 saturated heterocycles. The third-order valence-corrected chi connectivity index (χ3v) is 4.49. The zero-order valence-electron chi connectivity index (χ0n) is 14.2. The van der Waals surface area contributed by atoms with Crippen molar-refractivity contribution in [2.75, 3.05) is 20.3 Å². The van der Waals surface area contributed by atoms with Crippen LogP contribution in [-0.2, 0) is 13.2 Å². The number of rotatable bonds is 10. The first-order valence-electron chi connectivity index (χ1n) is 8.20. The lowest BCUT2D eigenvalue weighted by atomic mass is 10.1. The van der Waals surface area contributed by atoms with E-state index in [4.69, 9.17) is 37.8 Å². The fourth-order valence-corrected chi connectivity index (χ4v) is 2.93. The highest BCUT2D eigenvalue weighted by Crippen LogP contribution is 2.33. The zero-order valence-corrected chi connectivity index (χ0v) is 15.7. The standard InChI is InChI=1S/C19H23Cl2NO3/c1-24-18-9-4-6-14(12-22-10-2-3-11-23)19(18)25-13-15-16(20)7-5-8-17(15)21/h4-9,22-23H,2-3,10-13H2,1H3. The van der Waals surface area contributed by atoms with E-state index in [1.165, 1.54) is 0 Å². The van der Waals surface area contributed by atoms with Crippen LogP contribution in [0.4, 0.5) is 0 Å². The van der Waals surface area contributed by atoms with Crippen LogP contribution in [0, 0.1) is 0 Å². The van der Waals surface area contributed by atoms with Crippen molar-refractivity contribution in [1.82, 2.24) is 5.32 Å². The fraction of sp³-hybridized carbons (Fsp3) is 0.368. The van der Waals surface area contributed by atoms with Gasteiger partial charge in [0.25, 0.3) is 0 Å². The maximum atomic E-state index is 8.83. The highest BCUT2D eigenvalue weighted by Gasteiger charge is 2.13. The summed E-state index contributed by atoms with van der Waals surface area (Å²) < 4.78 is 11.4. The van der Waals surface area contributed by atoms with Crippen LogP contribution < -0.4 is 14.8 Å². The van der Waals surface area contributed by atoms with Crippen molar-refractivity contribution in [2.45, 2.75) is 26.0 Å². The molecule has 0 radical (unpaired) electrons. The Labute approximate surface area is 158 Å². The molecule has 2 rings (SSSR count). The van der Waals surface area contributed by atoms with Gasteiger partial charge in [0.15, 0.2) is 11.5 Å². The summed E-state index contributed by atoms with van der Waals surface area (Å²) >= 11 is 12.4. The second kappa shape index (κ2) is 10.5. The molecule has 0 aromatic heterocycles. The zero-order chi connectivity index (χ0) is 18.1. The van der Waals surface area contributed by atoms with Gasteiger partial charge in [0, 0.05) is 34.3 Å². The quantitative estimate of drug-likeness (QED) is 0.595. The Hall–Kier alpha value is -1.46.